The predicted octanol–water partition coefficient (Wildman–Crippen LogP) is 2.56. The molecule has 1 aromatic heterocycles. The van der Waals surface area contributed by atoms with Gasteiger partial charge >= 0.3 is 0 Å². The van der Waals surface area contributed by atoms with Crippen LogP contribution in [0, 0.1) is 6.92 Å². The smallest absolute Gasteiger partial charge is 0.264 e. The van der Waals surface area contributed by atoms with E-state index in [0.29, 0.717) is 47.3 Å². The van der Waals surface area contributed by atoms with Gasteiger partial charge < -0.3 is 9.64 Å². The zero-order valence-electron chi connectivity index (χ0n) is 17.4. The average Bonchev–Trinajstić information content (AvgIpc) is 3.15. The molecular weight excluding hydrogens is 436 g/mol. The Balaban J connectivity index is 1.43. The summed E-state index contributed by atoms with van der Waals surface area (Å²) in [4.78, 5) is 18.9. The highest BCUT2D eigenvalue weighted by atomic mass is 32.2. The number of sulfonamides is 1. The van der Waals surface area contributed by atoms with E-state index in [9.17, 15) is 13.2 Å². The second kappa shape index (κ2) is 8.91. The molecule has 1 amide bonds. The molecule has 10 heteroatoms. The normalized spacial score (nSPS) is 15.8. The number of ether oxygens (including phenoxy) is 1. The van der Waals surface area contributed by atoms with Crippen molar-refractivity contribution in [1.82, 2.24) is 14.2 Å². The van der Waals surface area contributed by atoms with E-state index in [0.717, 1.165) is 5.56 Å². The third-order valence-corrected chi connectivity index (χ3v) is 7.93. The van der Waals surface area contributed by atoms with Crippen LogP contribution in [0.5, 0.6) is 5.75 Å². The Morgan fingerprint density at radius 2 is 1.84 bits per heavy atom. The number of fused-ring (bicyclic) bond motifs is 1. The standard InChI is InChI=1S/C21H24N4O4S2/c1-15-3-5-16(6-4-15)29-14-20(26)23-21-22-18-8-7-17(13-19(18)30-21)31(27,28)25-11-9-24(2)10-12-25/h3-8,13H,9-12,14H2,1-2H3,(H,22,23,26). The monoisotopic (exact) mass is 460 g/mol. The molecule has 0 saturated carbocycles. The van der Waals surface area contributed by atoms with Crippen molar-refractivity contribution in [1.29, 1.82) is 0 Å². The summed E-state index contributed by atoms with van der Waals surface area (Å²) in [6.45, 7) is 4.21. The van der Waals surface area contributed by atoms with Crippen LogP contribution in [0.25, 0.3) is 10.2 Å². The molecule has 3 aromatic rings. The van der Waals surface area contributed by atoms with Gasteiger partial charge in [-0.25, -0.2) is 13.4 Å². The van der Waals surface area contributed by atoms with E-state index in [1.165, 1.54) is 15.6 Å². The van der Waals surface area contributed by atoms with Gasteiger partial charge in [0, 0.05) is 26.2 Å². The summed E-state index contributed by atoms with van der Waals surface area (Å²) in [6.07, 6.45) is 0. The van der Waals surface area contributed by atoms with Crippen molar-refractivity contribution < 1.29 is 17.9 Å². The number of hydrogen-bond acceptors (Lipinski definition) is 7. The van der Waals surface area contributed by atoms with Crippen molar-refractivity contribution in [3.05, 3.63) is 48.0 Å². The highest BCUT2D eigenvalue weighted by Crippen LogP contribution is 2.29. The lowest BCUT2D eigenvalue weighted by Gasteiger charge is -2.31. The maximum absolute atomic E-state index is 13.0. The molecule has 8 nitrogen and oxygen atoms in total. The molecule has 31 heavy (non-hydrogen) atoms. The van der Waals surface area contributed by atoms with Crippen molar-refractivity contribution in [2.45, 2.75) is 11.8 Å². The number of aromatic nitrogens is 1. The number of rotatable bonds is 6. The summed E-state index contributed by atoms with van der Waals surface area (Å²) in [6, 6.07) is 12.3. The fourth-order valence-corrected chi connectivity index (χ4v) is 5.68. The van der Waals surface area contributed by atoms with Crippen LogP contribution in [0.2, 0.25) is 0 Å². The van der Waals surface area contributed by atoms with Crippen molar-refractivity contribution in [3.63, 3.8) is 0 Å². The summed E-state index contributed by atoms with van der Waals surface area (Å²) in [5, 5.41) is 3.12. The lowest BCUT2D eigenvalue weighted by molar-refractivity contribution is -0.118. The predicted molar refractivity (Wildman–Crippen MR) is 121 cm³/mol. The number of nitrogens with one attached hydrogen (secondary N) is 1. The second-order valence-electron chi connectivity index (χ2n) is 7.51. The van der Waals surface area contributed by atoms with Gasteiger partial charge in [0.1, 0.15) is 5.75 Å². The highest BCUT2D eigenvalue weighted by Gasteiger charge is 2.27. The number of carbonyl (C=O) groups excluding carboxylic acids is 1. The fourth-order valence-electron chi connectivity index (χ4n) is 3.24. The van der Waals surface area contributed by atoms with Gasteiger partial charge in [-0.3, -0.25) is 10.1 Å². The molecule has 1 saturated heterocycles. The van der Waals surface area contributed by atoms with Crippen LogP contribution >= 0.6 is 11.3 Å². The Kier molecular flexibility index (Phi) is 6.24. The van der Waals surface area contributed by atoms with E-state index >= 15 is 0 Å². The van der Waals surface area contributed by atoms with Gasteiger partial charge in [0.05, 0.1) is 15.1 Å². The van der Waals surface area contributed by atoms with Gasteiger partial charge in [-0.2, -0.15) is 4.31 Å². The van der Waals surface area contributed by atoms with E-state index in [-0.39, 0.29) is 17.4 Å². The first kappa shape index (κ1) is 21.7. The number of hydrogen-bond donors (Lipinski definition) is 1. The number of carbonyl (C=O) groups is 1. The Morgan fingerprint density at radius 3 is 2.55 bits per heavy atom. The number of likely N-dealkylation sites (N-methyl/N-ethyl adjacent to an activating group) is 1. The van der Waals surface area contributed by atoms with E-state index < -0.39 is 10.0 Å². The van der Waals surface area contributed by atoms with E-state index in [1.807, 2.05) is 38.2 Å². The maximum Gasteiger partial charge on any atom is 0.264 e. The van der Waals surface area contributed by atoms with Crippen LogP contribution in [0.3, 0.4) is 0 Å². The molecule has 0 aliphatic carbocycles. The zero-order valence-corrected chi connectivity index (χ0v) is 19.0. The Hall–Kier alpha value is -2.53. The average molecular weight is 461 g/mol. The Bertz CT molecular complexity index is 1180. The first-order valence-corrected chi connectivity index (χ1v) is 12.2. The van der Waals surface area contributed by atoms with Crippen LogP contribution in [0.4, 0.5) is 5.13 Å². The first-order valence-electron chi connectivity index (χ1n) is 9.90. The summed E-state index contributed by atoms with van der Waals surface area (Å²) in [5.74, 6) is 0.286. The number of nitrogens with zero attached hydrogens (tertiary/aromatic N) is 3. The summed E-state index contributed by atoms with van der Waals surface area (Å²) in [7, 11) is -1.57. The molecule has 2 heterocycles. The number of aryl methyl sites for hydroxylation is 1. The van der Waals surface area contributed by atoms with Gasteiger partial charge in [0.25, 0.3) is 5.91 Å². The van der Waals surface area contributed by atoms with Crippen molar-refractivity contribution in [2.75, 3.05) is 45.2 Å². The van der Waals surface area contributed by atoms with Gasteiger partial charge in [0.2, 0.25) is 10.0 Å². The molecule has 4 rings (SSSR count). The van der Waals surface area contributed by atoms with Crippen molar-refractivity contribution in [3.8, 4) is 5.75 Å². The minimum absolute atomic E-state index is 0.137. The highest BCUT2D eigenvalue weighted by molar-refractivity contribution is 7.89. The third kappa shape index (κ3) is 5.04. The summed E-state index contributed by atoms with van der Waals surface area (Å²) >= 11 is 1.24. The Morgan fingerprint density at radius 1 is 1.13 bits per heavy atom. The quantitative estimate of drug-likeness (QED) is 0.608. The van der Waals surface area contributed by atoms with Crippen molar-refractivity contribution >= 4 is 42.6 Å². The Labute approximate surface area is 185 Å². The fraction of sp³-hybridized carbons (Fsp3) is 0.333. The summed E-state index contributed by atoms with van der Waals surface area (Å²) < 4.78 is 33.6. The number of anilines is 1. The molecule has 0 atom stereocenters. The minimum Gasteiger partial charge on any atom is -0.484 e. The molecule has 0 bridgehead atoms. The zero-order chi connectivity index (χ0) is 22.0. The number of benzene rings is 2. The molecule has 0 unspecified atom stereocenters. The van der Waals surface area contributed by atoms with E-state index in [4.69, 9.17) is 4.74 Å². The summed E-state index contributed by atoms with van der Waals surface area (Å²) in [5.41, 5.74) is 1.75. The maximum atomic E-state index is 13.0. The molecular formula is C21H24N4O4S2. The molecule has 1 aliphatic heterocycles. The van der Waals surface area contributed by atoms with Gasteiger partial charge in [-0.05, 0) is 44.3 Å². The van der Waals surface area contributed by atoms with Crippen LogP contribution in [-0.4, -0.2) is 68.3 Å². The third-order valence-electron chi connectivity index (χ3n) is 5.10. The van der Waals surface area contributed by atoms with Gasteiger partial charge in [-0.1, -0.05) is 29.0 Å². The van der Waals surface area contributed by atoms with Gasteiger partial charge in [-0.15, -0.1) is 0 Å². The molecule has 1 N–H and O–H groups in total. The SMILES string of the molecule is Cc1ccc(OCC(=O)Nc2nc3ccc(S(=O)(=O)N4CCN(C)CC4)cc3s2)cc1. The number of thiazole rings is 1. The van der Waals surface area contributed by atoms with Crippen LogP contribution in [-0.2, 0) is 14.8 Å². The van der Waals surface area contributed by atoms with Gasteiger partial charge in [0.15, 0.2) is 11.7 Å². The van der Waals surface area contributed by atoms with E-state index in [2.05, 4.69) is 15.2 Å². The molecule has 1 aliphatic rings. The molecule has 0 radical (unpaired) electrons. The van der Waals surface area contributed by atoms with E-state index in [1.54, 1.807) is 18.2 Å². The molecule has 164 valence electrons. The lowest BCUT2D eigenvalue weighted by atomic mass is 10.2. The second-order valence-corrected chi connectivity index (χ2v) is 10.5. The molecule has 0 spiro atoms. The van der Waals surface area contributed by atoms with Crippen LogP contribution in [0.1, 0.15) is 5.56 Å². The number of piperazine rings is 1. The number of amides is 1. The largest absolute Gasteiger partial charge is 0.484 e. The van der Waals surface area contributed by atoms with Crippen molar-refractivity contribution in [2.24, 2.45) is 0 Å². The van der Waals surface area contributed by atoms with Crippen LogP contribution in [0.15, 0.2) is 47.4 Å². The molecule has 2 aromatic carbocycles. The topological polar surface area (TPSA) is 91.8 Å². The van der Waals surface area contributed by atoms with Crippen LogP contribution < -0.4 is 10.1 Å². The minimum atomic E-state index is -3.55. The first-order chi connectivity index (χ1) is 14.8. The molecule has 1 fully saturated rings. The lowest BCUT2D eigenvalue weighted by Crippen LogP contribution is -2.46.